The molecule has 0 aliphatic heterocycles. The average Bonchev–Trinajstić information content (AvgIpc) is 3.07. The van der Waals surface area contributed by atoms with Crippen LogP contribution in [0.1, 0.15) is 115 Å². The van der Waals surface area contributed by atoms with E-state index in [4.69, 9.17) is 18.9 Å². The van der Waals surface area contributed by atoms with Gasteiger partial charge in [-0.2, -0.15) is 0 Å². The molecule has 11 aromatic rings. The zero-order chi connectivity index (χ0) is 59.7. The molecule has 2 aromatic heterocycles. The summed E-state index contributed by atoms with van der Waals surface area (Å²) in [5.74, 6) is -0.149. The van der Waals surface area contributed by atoms with Crippen LogP contribution < -0.4 is 31.7 Å². The van der Waals surface area contributed by atoms with Gasteiger partial charge in [-0.05, 0) is 221 Å². The molecular weight excluding hydrogens is 1050 g/mol. The lowest BCUT2D eigenvalue weighted by Gasteiger charge is -2.21. The summed E-state index contributed by atoms with van der Waals surface area (Å²) in [4.78, 5) is 82.3. The van der Waals surface area contributed by atoms with Crippen molar-refractivity contribution in [3.05, 3.63) is 209 Å². The first-order chi connectivity index (χ1) is 40.1. The van der Waals surface area contributed by atoms with Crippen LogP contribution in [0.2, 0.25) is 0 Å². The van der Waals surface area contributed by atoms with Crippen LogP contribution >= 0.6 is 0 Å². The van der Waals surface area contributed by atoms with E-state index in [0.717, 1.165) is 86.9 Å². The molecule has 0 aliphatic carbocycles. The molecule has 0 radical (unpaired) electrons. The average molecular weight is 1120 g/mol. The number of hydrogen-bond acceptors (Lipinski definition) is 10. The molecule has 0 saturated heterocycles. The molecule has 0 unspecified atom stereocenters. The highest BCUT2D eigenvalue weighted by Crippen LogP contribution is 2.38. The van der Waals surface area contributed by atoms with E-state index in [-0.39, 0.29) is 72.3 Å². The van der Waals surface area contributed by atoms with E-state index in [0.29, 0.717) is 55.6 Å². The zero-order valence-electron chi connectivity index (χ0n) is 49.1. The van der Waals surface area contributed by atoms with Crippen molar-refractivity contribution in [1.29, 1.82) is 0 Å². The number of hydrogen-bond donors (Lipinski definition) is 0. The van der Waals surface area contributed by atoms with Crippen molar-refractivity contribution < 1.29 is 28.5 Å². The van der Waals surface area contributed by atoms with Gasteiger partial charge in [-0.3, -0.25) is 19.2 Å². The Balaban J connectivity index is 0.950. The van der Waals surface area contributed by atoms with Crippen molar-refractivity contribution in [3.63, 3.8) is 0 Å². The highest BCUT2D eigenvalue weighted by molar-refractivity contribution is 6.10. The van der Waals surface area contributed by atoms with Crippen LogP contribution in [0.15, 0.2) is 165 Å². The maximum Gasteiger partial charge on any atom is 0.333 e. The Morgan fingerprint density at radius 3 is 0.810 bits per heavy atom. The molecule has 84 heavy (non-hydrogen) atoms. The number of rotatable bonds is 16. The molecule has 0 spiro atoms. The van der Waals surface area contributed by atoms with Crippen molar-refractivity contribution in [2.75, 3.05) is 26.4 Å². The molecule has 11 rings (SSSR count). The predicted molar refractivity (Wildman–Crippen MR) is 340 cm³/mol. The summed E-state index contributed by atoms with van der Waals surface area (Å²) in [7, 11) is 0. The van der Waals surface area contributed by atoms with E-state index in [2.05, 4.69) is 86.0 Å². The van der Waals surface area contributed by atoms with Crippen molar-refractivity contribution in [1.82, 2.24) is 9.13 Å². The molecule has 0 atom stereocenters. The van der Waals surface area contributed by atoms with Gasteiger partial charge in [0.1, 0.15) is 37.9 Å². The van der Waals surface area contributed by atoms with E-state index in [1.807, 2.05) is 104 Å². The number of carbonyl (C=O) groups excluding carboxylic acids is 2. The minimum absolute atomic E-state index is 0.0436. The first-order valence-corrected chi connectivity index (χ1v) is 28.6. The van der Waals surface area contributed by atoms with Crippen molar-refractivity contribution in [2.24, 2.45) is 0 Å². The second kappa shape index (κ2) is 22.1. The molecule has 12 heteroatoms. The normalized spacial score (nSPS) is 12.0. The summed E-state index contributed by atoms with van der Waals surface area (Å²) in [6, 6.07) is 40.2. The fraction of sp³-hybridized carbons (Fsp3) is 0.250. The highest BCUT2D eigenvalue weighted by atomic mass is 16.6. The first-order valence-electron chi connectivity index (χ1n) is 28.6. The van der Waals surface area contributed by atoms with Crippen molar-refractivity contribution in [3.8, 4) is 22.9 Å². The van der Waals surface area contributed by atoms with Gasteiger partial charge in [-0.1, -0.05) is 92.8 Å². The summed E-state index contributed by atoms with van der Waals surface area (Å²) in [6.07, 6.45) is 0. The molecule has 0 saturated carbocycles. The number of ether oxygens (including phenoxy) is 4. The Morgan fingerprint density at radius 1 is 0.357 bits per heavy atom. The standard InChI is InChI=1S/C72H66N2O10/c1-37(2)57-33-55(81-17-19-83-71(79)41(9)10)34-58(38(3)4)65(57)73-67(75)61-29-51-25-47-21-43-13-15-45-23-49-27-53-31-63-64(32-54(53)28-50(49)24-46(45)16-14-44(43)22-48(47)26-52(51)30-62(61)68(73)76)70(78)74(69(63)77)66-59(39(5)6)35-56(36-60(66)40(7)8)82-18-20-84-72(80)42(11)12/h13-16,21-40H,9,11,17-20H2,1-8,10,12H3. The fourth-order valence-electron chi connectivity index (χ4n) is 11.6. The molecule has 424 valence electrons. The van der Waals surface area contributed by atoms with Gasteiger partial charge in [0.25, 0.3) is 22.2 Å². The van der Waals surface area contributed by atoms with Crippen LogP contribution in [0.3, 0.4) is 0 Å². The van der Waals surface area contributed by atoms with E-state index in [1.54, 1.807) is 13.8 Å². The topological polar surface area (TPSA) is 149 Å². The van der Waals surface area contributed by atoms with Crippen LogP contribution in [0.5, 0.6) is 11.5 Å². The van der Waals surface area contributed by atoms with Crippen LogP contribution in [0.25, 0.3) is 97.6 Å². The predicted octanol–water partition coefficient (Wildman–Crippen LogP) is 14.9. The van der Waals surface area contributed by atoms with E-state index in [1.165, 1.54) is 9.13 Å². The molecule has 0 amide bonds. The smallest absolute Gasteiger partial charge is 0.333 e. The van der Waals surface area contributed by atoms with E-state index < -0.39 is 11.9 Å². The largest absolute Gasteiger partial charge is 0.490 e. The summed E-state index contributed by atoms with van der Waals surface area (Å²) in [5.41, 5.74) is 3.39. The Kier molecular flexibility index (Phi) is 14.8. The molecular formula is C72H66N2O10. The van der Waals surface area contributed by atoms with Crippen molar-refractivity contribution >= 4 is 98.1 Å². The van der Waals surface area contributed by atoms with E-state index >= 15 is 0 Å². The minimum atomic E-state index is -0.488. The highest BCUT2D eigenvalue weighted by Gasteiger charge is 2.27. The third kappa shape index (κ3) is 10.2. The molecule has 0 bridgehead atoms. The van der Waals surface area contributed by atoms with Crippen LogP contribution in [0.4, 0.5) is 0 Å². The lowest BCUT2D eigenvalue weighted by molar-refractivity contribution is -0.140. The van der Waals surface area contributed by atoms with Gasteiger partial charge >= 0.3 is 11.9 Å². The Bertz CT molecular complexity index is 4320. The van der Waals surface area contributed by atoms with Gasteiger partial charge in [0.2, 0.25) is 0 Å². The third-order valence-electron chi connectivity index (χ3n) is 16.0. The van der Waals surface area contributed by atoms with Crippen LogP contribution in [-0.2, 0) is 19.1 Å². The quantitative estimate of drug-likeness (QED) is 0.0396. The van der Waals surface area contributed by atoms with Gasteiger partial charge in [0.05, 0.1) is 32.9 Å². The molecule has 0 aliphatic rings. The lowest BCUT2D eigenvalue weighted by atomic mass is 9.92. The molecule has 9 aromatic carbocycles. The second-order valence-corrected chi connectivity index (χ2v) is 23.5. The first kappa shape index (κ1) is 56.4. The summed E-state index contributed by atoms with van der Waals surface area (Å²) in [5, 5.41) is 12.7. The molecule has 12 nitrogen and oxygen atoms in total. The minimum Gasteiger partial charge on any atom is -0.490 e. The summed E-state index contributed by atoms with van der Waals surface area (Å²) in [6.45, 7) is 26.9. The molecule has 0 fully saturated rings. The van der Waals surface area contributed by atoms with Crippen LogP contribution in [-0.4, -0.2) is 47.5 Å². The Morgan fingerprint density at radius 2 is 0.583 bits per heavy atom. The monoisotopic (exact) mass is 1120 g/mol. The fourth-order valence-corrected chi connectivity index (χ4v) is 11.6. The number of nitrogens with zero attached hydrogens (tertiary/aromatic N) is 2. The van der Waals surface area contributed by atoms with Gasteiger partial charge < -0.3 is 18.9 Å². The SMILES string of the molecule is C=C(C)C(=O)OCCOc1cc(C(C)C)c(-n2c(=O)c3cc4cc5cc6ccc7cc8cc9cc%10c(=O)n(-c%11c(C(C)C)cc(OCCOC(=O)C(=C)C)cc%11C(C)C)c(=O)c%10cc9cc8cc7ccc6cc5cc4cc3c2=O)c(C(C)C)c1. The number of aromatic nitrogens is 2. The zero-order valence-corrected chi connectivity index (χ0v) is 49.1. The molecule has 0 N–H and O–H groups in total. The van der Waals surface area contributed by atoms with Crippen LogP contribution in [0, 0.1) is 0 Å². The molecule has 2 heterocycles. The number of carbonyl (C=O) groups is 2. The Hall–Kier alpha value is -9.42. The van der Waals surface area contributed by atoms with Crippen molar-refractivity contribution in [2.45, 2.75) is 92.9 Å². The van der Waals surface area contributed by atoms with Gasteiger partial charge in [0, 0.05) is 11.1 Å². The van der Waals surface area contributed by atoms with Gasteiger partial charge in [-0.15, -0.1) is 0 Å². The Labute approximate surface area is 485 Å². The lowest BCUT2D eigenvalue weighted by Crippen LogP contribution is -2.26. The number of esters is 2. The maximum absolute atomic E-state index is 14.6. The number of benzene rings is 8. The maximum atomic E-state index is 14.6. The second-order valence-electron chi connectivity index (χ2n) is 23.5. The number of fused-ring (bicyclic) bond motifs is 8. The third-order valence-corrected chi connectivity index (χ3v) is 16.0. The van der Waals surface area contributed by atoms with Gasteiger partial charge in [-0.25, -0.2) is 18.7 Å². The van der Waals surface area contributed by atoms with E-state index in [9.17, 15) is 28.8 Å². The van der Waals surface area contributed by atoms with Gasteiger partial charge in [0.15, 0.2) is 0 Å². The summed E-state index contributed by atoms with van der Waals surface area (Å²) < 4.78 is 25.3. The summed E-state index contributed by atoms with van der Waals surface area (Å²) >= 11 is 0.